The number of nitrogens with zero attached hydrogens (tertiary/aromatic N) is 2. The van der Waals surface area contributed by atoms with Gasteiger partial charge in [0.2, 0.25) is 5.91 Å². The number of amides is 1. The van der Waals surface area contributed by atoms with Crippen LogP contribution in [0.2, 0.25) is 0 Å². The van der Waals surface area contributed by atoms with Gasteiger partial charge in [-0.25, -0.2) is 0 Å². The van der Waals surface area contributed by atoms with Gasteiger partial charge in [0.05, 0.1) is 13.1 Å². The van der Waals surface area contributed by atoms with Gasteiger partial charge in [-0.15, -0.1) is 0 Å². The van der Waals surface area contributed by atoms with Crippen LogP contribution in [-0.2, 0) is 9.59 Å². The maximum Gasteiger partial charge on any atom is 0.236 e. The Morgan fingerprint density at radius 2 is 1.13 bits per heavy atom. The van der Waals surface area contributed by atoms with E-state index in [9.17, 15) is 9.59 Å². The fourth-order valence-electron chi connectivity index (χ4n) is 7.32. The Morgan fingerprint density at radius 3 is 1.62 bits per heavy atom. The van der Waals surface area contributed by atoms with E-state index < -0.39 is 0 Å². The van der Waals surface area contributed by atoms with Gasteiger partial charge in [0.25, 0.3) is 0 Å². The van der Waals surface area contributed by atoms with Crippen molar-refractivity contribution in [1.82, 2.24) is 31.1 Å². The molecule has 2 rings (SSSR count). The highest BCUT2D eigenvalue weighted by atomic mass is 16.2. The molecule has 0 radical (unpaired) electrons. The van der Waals surface area contributed by atoms with E-state index in [-0.39, 0.29) is 39.9 Å². The summed E-state index contributed by atoms with van der Waals surface area (Å²) in [5.74, 6) is 0.319. The highest BCUT2D eigenvalue weighted by Gasteiger charge is 2.41. The van der Waals surface area contributed by atoms with Gasteiger partial charge in [-0.2, -0.15) is 0 Å². The fraction of sp³-hybridized carbons (Fsp3) is 0.935. The standard InChI is InChI=1S/C31H62N6O2/c1-24(38)22-32-14-15-33-23-27(39)37(26-20-30(6,7)35-31(8,9)21-26)17-13-11-12-16-36(10)25-18-28(2,3)34-29(4,5)19-25/h25-26,32-35H,11-23H2,1-10H3. The van der Waals surface area contributed by atoms with Gasteiger partial charge >= 0.3 is 0 Å². The summed E-state index contributed by atoms with van der Waals surface area (Å²) in [6.45, 7) is 23.9. The lowest BCUT2D eigenvalue weighted by Gasteiger charge is -2.49. The predicted molar refractivity (Wildman–Crippen MR) is 163 cm³/mol. The Hall–Kier alpha value is -1.06. The number of hydrogen-bond acceptors (Lipinski definition) is 7. The highest BCUT2D eigenvalue weighted by molar-refractivity contribution is 5.78. The van der Waals surface area contributed by atoms with Crippen molar-refractivity contribution in [3.8, 4) is 0 Å². The number of rotatable bonds is 15. The van der Waals surface area contributed by atoms with Crippen molar-refractivity contribution < 1.29 is 9.59 Å². The van der Waals surface area contributed by atoms with Crippen molar-refractivity contribution in [2.24, 2.45) is 0 Å². The number of hydrogen-bond donors (Lipinski definition) is 4. The van der Waals surface area contributed by atoms with Crippen LogP contribution < -0.4 is 21.3 Å². The summed E-state index contributed by atoms with van der Waals surface area (Å²) in [4.78, 5) is 29.3. The van der Waals surface area contributed by atoms with Crippen molar-refractivity contribution in [1.29, 1.82) is 0 Å². The third kappa shape index (κ3) is 12.6. The van der Waals surface area contributed by atoms with E-state index in [1.165, 1.54) is 12.8 Å². The first-order valence-electron chi connectivity index (χ1n) is 15.4. The SMILES string of the molecule is CC(=O)CNCCNCC(=O)N(CCCCCN(C)C1CC(C)(C)NC(C)(C)C1)C1CC(C)(C)NC(C)(C)C1. The molecule has 0 aromatic rings. The number of unbranched alkanes of at least 4 members (excludes halogenated alkanes) is 2. The van der Waals surface area contributed by atoms with E-state index in [0.717, 1.165) is 45.2 Å². The Morgan fingerprint density at radius 1 is 0.692 bits per heavy atom. The molecule has 2 aliphatic heterocycles. The van der Waals surface area contributed by atoms with Crippen molar-refractivity contribution in [2.45, 2.75) is 141 Å². The molecular formula is C31H62N6O2. The van der Waals surface area contributed by atoms with E-state index in [2.05, 4.69) is 93.5 Å². The highest BCUT2D eigenvalue weighted by Crippen LogP contribution is 2.33. The minimum atomic E-state index is -0.00585. The second-order valence-corrected chi connectivity index (χ2v) is 15.1. The van der Waals surface area contributed by atoms with Gasteiger partial charge in [0.1, 0.15) is 5.78 Å². The first-order chi connectivity index (χ1) is 17.9. The Kier molecular flexibility index (Phi) is 12.4. The van der Waals surface area contributed by atoms with Gasteiger partial charge in [0.15, 0.2) is 0 Å². The molecule has 4 N–H and O–H groups in total. The Bertz CT molecular complexity index is 762. The van der Waals surface area contributed by atoms with E-state index in [0.29, 0.717) is 32.2 Å². The number of carbonyl (C=O) groups excluding carboxylic acids is 2. The van der Waals surface area contributed by atoms with Crippen LogP contribution in [0.5, 0.6) is 0 Å². The van der Waals surface area contributed by atoms with Gasteiger partial charge in [0, 0.05) is 53.9 Å². The lowest BCUT2D eigenvalue weighted by atomic mass is 9.79. The van der Waals surface area contributed by atoms with E-state index in [1.54, 1.807) is 6.92 Å². The second kappa shape index (κ2) is 14.2. The first kappa shape index (κ1) is 34.1. The fourth-order valence-corrected chi connectivity index (χ4v) is 7.32. The number of piperidine rings is 2. The first-order valence-corrected chi connectivity index (χ1v) is 15.4. The maximum atomic E-state index is 13.5. The van der Waals surface area contributed by atoms with Crippen molar-refractivity contribution in [3.05, 3.63) is 0 Å². The molecular weight excluding hydrogens is 488 g/mol. The molecule has 0 saturated carbocycles. The topological polar surface area (TPSA) is 88.7 Å². The van der Waals surface area contributed by atoms with Crippen LogP contribution in [0.3, 0.4) is 0 Å². The third-order valence-corrected chi connectivity index (χ3v) is 8.26. The van der Waals surface area contributed by atoms with Crippen LogP contribution in [0.1, 0.15) is 107 Å². The van der Waals surface area contributed by atoms with Crippen LogP contribution in [0.4, 0.5) is 0 Å². The van der Waals surface area contributed by atoms with E-state index in [1.807, 2.05) is 0 Å². The number of nitrogens with one attached hydrogen (secondary N) is 4. The van der Waals surface area contributed by atoms with Crippen molar-refractivity contribution in [2.75, 3.05) is 46.3 Å². The average molecular weight is 551 g/mol. The van der Waals surface area contributed by atoms with Crippen LogP contribution in [-0.4, -0.2) is 102 Å². The molecule has 0 aromatic carbocycles. The number of ketones is 1. The van der Waals surface area contributed by atoms with Crippen LogP contribution in [0, 0.1) is 0 Å². The summed E-state index contributed by atoms with van der Waals surface area (Å²) in [5, 5.41) is 14.0. The zero-order valence-corrected chi connectivity index (χ0v) is 27.1. The summed E-state index contributed by atoms with van der Waals surface area (Å²) in [6, 6.07) is 0.841. The zero-order valence-electron chi connectivity index (χ0n) is 27.1. The van der Waals surface area contributed by atoms with E-state index >= 15 is 0 Å². The Balaban J connectivity index is 1.89. The number of carbonyl (C=O) groups is 2. The largest absolute Gasteiger partial charge is 0.338 e. The molecule has 0 spiro atoms. The molecule has 2 aliphatic rings. The smallest absolute Gasteiger partial charge is 0.236 e. The normalized spacial score (nSPS) is 22.6. The lowest BCUT2D eigenvalue weighted by molar-refractivity contribution is -0.134. The molecule has 0 atom stereocenters. The quantitative estimate of drug-likeness (QED) is 0.233. The van der Waals surface area contributed by atoms with Crippen molar-refractivity contribution >= 4 is 11.7 Å². The minimum absolute atomic E-state index is 0.00585. The molecule has 0 aliphatic carbocycles. The van der Waals surface area contributed by atoms with Crippen LogP contribution in [0.25, 0.3) is 0 Å². The molecule has 2 fully saturated rings. The van der Waals surface area contributed by atoms with Gasteiger partial charge in [-0.05, 0) is 114 Å². The monoisotopic (exact) mass is 550 g/mol. The molecule has 0 aromatic heterocycles. The molecule has 2 saturated heterocycles. The second-order valence-electron chi connectivity index (χ2n) is 15.1. The van der Waals surface area contributed by atoms with Gasteiger partial charge < -0.3 is 31.1 Å². The lowest BCUT2D eigenvalue weighted by Crippen LogP contribution is -2.63. The summed E-state index contributed by atoms with van der Waals surface area (Å²) < 4.78 is 0. The number of Topliss-reactive ketones (excluding diaryl/α,β-unsaturated/α-hetero) is 1. The van der Waals surface area contributed by atoms with Crippen LogP contribution >= 0.6 is 0 Å². The molecule has 39 heavy (non-hydrogen) atoms. The van der Waals surface area contributed by atoms with Crippen LogP contribution in [0.15, 0.2) is 0 Å². The summed E-state index contributed by atoms with van der Waals surface area (Å²) in [6.07, 6.45) is 7.60. The average Bonchev–Trinajstić information content (AvgIpc) is 2.73. The molecule has 2 heterocycles. The summed E-state index contributed by atoms with van der Waals surface area (Å²) in [5.41, 5.74) is 0.313. The minimum Gasteiger partial charge on any atom is -0.338 e. The summed E-state index contributed by atoms with van der Waals surface area (Å²) in [7, 11) is 2.29. The molecule has 0 bridgehead atoms. The maximum absolute atomic E-state index is 13.5. The molecule has 228 valence electrons. The van der Waals surface area contributed by atoms with E-state index in [4.69, 9.17) is 0 Å². The summed E-state index contributed by atoms with van der Waals surface area (Å²) >= 11 is 0. The van der Waals surface area contributed by atoms with Gasteiger partial charge in [-0.3, -0.25) is 9.59 Å². The van der Waals surface area contributed by atoms with Crippen molar-refractivity contribution in [3.63, 3.8) is 0 Å². The predicted octanol–water partition coefficient (Wildman–Crippen LogP) is 3.30. The third-order valence-electron chi connectivity index (χ3n) is 8.26. The van der Waals surface area contributed by atoms with Gasteiger partial charge in [-0.1, -0.05) is 6.42 Å². The molecule has 8 heteroatoms. The molecule has 1 amide bonds. The molecule has 0 unspecified atom stereocenters. The Labute approximate surface area is 240 Å². The molecule has 8 nitrogen and oxygen atoms in total. The zero-order chi connectivity index (χ0) is 29.5.